The Kier molecular flexibility index (Phi) is 0.502. The van der Waals surface area contributed by atoms with Crippen LogP contribution in [0, 0.1) is 6.08 Å². The molecule has 0 spiro atoms. The van der Waals surface area contributed by atoms with Crippen LogP contribution in [0.3, 0.4) is 0 Å². The van der Waals surface area contributed by atoms with Crippen molar-refractivity contribution < 1.29 is 9.90 Å². The van der Waals surface area contributed by atoms with Gasteiger partial charge in [0.2, 0.25) is 12.2 Å². The Balaban J connectivity index is 2.67. The molecule has 0 saturated carbocycles. The number of ketones is 1. The summed E-state index contributed by atoms with van der Waals surface area (Å²) >= 11 is 0. The van der Waals surface area contributed by atoms with Crippen molar-refractivity contribution in [2.24, 2.45) is 0 Å². The van der Waals surface area contributed by atoms with E-state index in [1.54, 1.807) is 0 Å². The van der Waals surface area contributed by atoms with Gasteiger partial charge in [-0.15, -0.1) is 0 Å². The maximum atomic E-state index is 9.84. The molecule has 0 amide bonds. The molecule has 1 unspecified atom stereocenters. The van der Waals surface area contributed by atoms with Crippen molar-refractivity contribution in [1.29, 1.82) is 0 Å². The van der Waals surface area contributed by atoms with Crippen LogP contribution in [-0.4, -0.2) is 17.0 Å². The second-order valence-electron chi connectivity index (χ2n) is 1.12. The molecule has 1 aliphatic carbocycles. The SMILES string of the molecule is O=C1[C+]=CC1O. The van der Waals surface area contributed by atoms with Gasteiger partial charge in [-0.3, -0.25) is 0 Å². The number of hydrogen-bond acceptors (Lipinski definition) is 2. The summed E-state index contributed by atoms with van der Waals surface area (Å²) in [5.74, 6) is -0.310. The largest absolute Gasteiger partial charge is 0.428 e. The van der Waals surface area contributed by atoms with Crippen LogP contribution in [0.15, 0.2) is 6.08 Å². The summed E-state index contributed by atoms with van der Waals surface area (Å²) in [6.45, 7) is 0. The van der Waals surface area contributed by atoms with E-state index in [9.17, 15) is 4.79 Å². The van der Waals surface area contributed by atoms with Crippen molar-refractivity contribution in [1.82, 2.24) is 0 Å². The second kappa shape index (κ2) is 0.869. The Morgan fingerprint density at radius 3 is 2.50 bits per heavy atom. The maximum absolute atomic E-state index is 9.84. The lowest BCUT2D eigenvalue weighted by molar-refractivity contribution is -0.123. The van der Waals surface area contributed by atoms with Crippen molar-refractivity contribution in [3.8, 4) is 0 Å². The van der Waals surface area contributed by atoms with E-state index < -0.39 is 6.10 Å². The highest BCUT2D eigenvalue weighted by atomic mass is 16.3. The molecule has 6 heavy (non-hydrogen) atoms. The molecule has 1 aliphatic rings. The minimum absolute atomic E-state index is 0.310. The molecule has 0 radical (unpaired) electrons. The van der Waals surface area contributed by atoms with E-state index in [4.69, 9.17) is 5.11 Å². The smallest absolute Gasteiger partial charge is 0.373 e. The van der Waals surface area contributed by atoms with E-state index in [0.717, 1.165) is 0 Å². The monoisotopic (exact) mass is 83.0 g/mol. The molecule has 0 fully saturated rings. The highest BCUT2D eigenvalue weighted by molar-refractivity contribution is 5.97. The van der Waals surface area contributed by atoms with E-state index in [0.29, 0.717) is 0 Å². The summed E-state index contributed by atoms with van der Waals surface area (Å²) in [5.41, 5.74) is 0. The molecular formula is C4H3O2+. The Morgan fingerprint density at radius 1 is 2.00 bits per heavy atom. The summed E-state index contributed by atoms with van der Waals surface area (Å²) in [7, 11) is 0. The fraction of sp³-hybridized carbons (Fsp3) is 0.250. The number of carbonyl (C=O) groups is 1. The van der Waals surface area contributed by atoms with Gasteiger partial charge in [0.05, 0.1) is 0 Å². The van der Waals surface area contributed by atoms with Gasteiger partial charge in [-0.05, 0) is 0 Å². The van der Waals surface area contributed by atoms with Crippen molar-refractivity contribution in [2.45, 2.75) is 6.10 Å². The molecule has 2 heteroatoms. The van der Waals surface area contributed by atoms with Crippen molar-refractivity contribution in [2.75, 3.05) is 0 Å². The molecule has 0 aliphatic heterocycles. The Bertz CT molecular complexity index is 104. The molecule has 1 atom stereocenters. The van der Waals surface area contributed by atoms with Gasteiger partial charge in [-0.1, -0.05) is 0 Å². The summed E-state index contributed by atoms with van der Waals surface area (Å²) in [6.07, 6.45) is 2.72. The zero-order valence-corrected chi connectivity index (χ0v) is 3.01. The van der Waals surface area contributed by atoms with Crippen LogP contribution >= 0.6 is 0 Å². The molecule has 1 N–H and O–H groups in total. The van der Waals surface area contributed by atoms with Gasteiger partial charge in [0, 0.05) is 0 Å². The first-order valence-corrected chi connectivity index (χ1v) is 1.62. The highest BCUT2D eigenvalue weighted by Crippen LogP contribution is 1.98. The molecular weight excluding hydrogens is 80.0 g/mol. The lowest BCUT2D eigenvalue weighted by atomic mass is 10.1. The molecule has 30 valence electrons. The maximum Gasteiger partial charge on any atom is 0.428 e. The third-order valence-corrected chi connectivity index (χ3v) is 0.652. The van der Waals surface area contributed by atoms with Gasteiger partial charge < -0.3 is 5.11 Å². The average molecular weight is 83.1 g/mol. The number of aliphatic hydroxyl groups is 1. The third kappa shape index (κ3) is 0.249. The topological polar surface area (TPSA) is 37.3 Å². The van der Waals surface area contributed by atoms with Gasteiger partial charge in [0.1, 0.15) is 0 Å². The quantitative estimate of drug-likeness (QED) is 0.393. The molecule has 0 bridgehead atoms. The minimum Gasteiger partial charge on any atom is -0.373 e. The Labute approximate surface area is 35.1 Å². The van der Waals surface area contributed by atoms with Crippen molar-refractivity contribution in [3.05, 3.63) is 12.2 Å². The molecule has 1 rings (SSSR count). The van der Waals surface area contributed by atoms with E-state index in [1.807, 2.05) is 0 Å². The lowest BCUT2D eigenvalue weighted by Gasteiger charge is -1.88. The molecule has 2 nitrogen and oxygen atoms in total. The van der Waals surface area contributed by atoms with Crippen LogP contribution < -0.4 is 0 Å². The number of Topliss-reactive ketones (excluding diaryl/α,β-unsaturated/α-hetero) is 1. The molecule has 0 saturated heterocycles. The number of hydrogen-bond donors (Lipinski definition) is 1. The Morgan fingerprint density at radius 2 is 2.50 bits per heavy atom. The van der Waals surface area contributed by atoms with Gasteiger partial charge in [0.15, 0.2) is 0 Å². The van der Waals surface area contributed by atoms with E-state index >= 15 is 0 Å². The highest BCUT2D eigenvalue weighted by Gasteiger charge is 2.34. The van der Waals surface area contributed by atoms with E-state index in [-0.39, 0.29) is 5.78 Å². The fourth-order valence-electron chi connectivity index (χ4n) is 0.226. The number of aliphatic hydroxyl groups excluding tert-OH is 1. The summed E-state index contributed by atoms with van der Waals surface area (Å²) in [5, 5.41) is 8.25. The summed E-state index contributed by atoms with van der Waals surface area (Å²) < 4.78 is 0. The van der Waals surface area contributed by atoms with Crippen LogP contribution in [0.25, 0.3) is 0 Å². The first-order chi connectivity index (χ1) is 2.80. The summed E-state index contributed by atoms with van der Waals surface area (Å²) in [6, 6.07) is 0. The van der Waals surface area contributed by atoms with Crippen LogP contribution in [0.5, 0.6) is 0 Å². The molecule has 0 heterocycles. The van der Waals surface area contributed by atoms with E-state index in [1.165, 1.54) is 6.08 Å². The molecule has 0 aromatic carbocycles. The standard InChI is InChI=1S/C4H3O2/c5-3-1-2-4(3)6/h1,3,5H/q+1. The first kappa shape index (κ1) is 3.47. The summed E-state index contributed by atoms with van der Waals surface area (Å²) in [4.78, 5) is 9.84. The predicted octanol–water partition coefficient (Wildman–Crippen LogP) is -0.711. The second-order valence-corrected chi connectivity index (χ2v) is 1.12. The van der Waals surface area contributed by atoms with Gasteiger partial charge >= 0.3 is 11.9 Å². The first-order valence-electron chi connectivity index (χ1n) is 1.62. The minimum atomic E-state index is -0.843. The van der Waals surface area contributed by atoms with Crippen molar-refractivity contribution in [3.63, 3.8) is 0 Å². The van der Waals surface area contributed by atoms with Crippen LogP contribution in [-0.2, 0) is 4.79 Å². The van der Waals surface area contributed by atoms with E-state index in [2.05, 4.69) is 6.08 Å². The van der Waals surface area contributed by atoms with Crippen LogP contribution in [0.1, 0.15) is 0 Å². The average Bonchev–Trinajstić information content (AvgIpc) is 1.61. The number of rotatable bonds is 0. The van der Waals surface area contributed by atoms with Gasteiger partial charge in [-0.2, -0.15) is 0 Å². The predicted molar refractivity (Wildman–Crippen MR) is 18.8 cm³/mol. The Hall–Kier alpha value is -0.720. The molecule has 0 aromatic heterocycles. The van der Waals surface area contributed by atoms with Gasteiger partial charge in [-0.25, -0.2) is 4.79 Å². The van der Waals surface area contributed by atoms with Crippen LogP contribution in [0.4, 0.5) is 0 Å². The zero-order valence-electron chi connectivity index (χ0n) is 3.01. The third-order valence-electron chi connectivity index (χ3n) is 0.652. The number of carbonyl (C=O) groups excluding carboxylic acids is 1. The normalized spacial score (nSPS) is 28.8. The lowest BCUT2D eigenvalue weighted by Crippen LogP contribution is -2.23. The zero-order chi connectivity index (χ0) is 4.57. The van der Waals surface area contributed by atoms with Crippen LogP contribution in [0.2, 0.25) is 0 Å². The van der Waals surface area contributed by atoms with Crippen molar-refractivity contribution >= 4 is 5.78 Å². The molecule has 0 aromatic rings. The van der Waals surface area contributed by atoms with Gasteiger partial charge in [0.25, 0.3) is 0 Å². The fourth-order valence-corrected chi connectivity index (χ4v) is 0.226.